The van der Waals surface area contributed by atoms with E-state index in [0.29, 0.717) is 24.7 Å². The Morgan fingerprint density at radius 3 is 2.40 bits per heavy atom. The van der Waals surface area contributed by atoms with Gasteiger partial charge in [-0.25, -0.2) is 4.79 Å². The predicted octanol–water partition coefficient (Wildman–Crippen LogP) is 4.30. The van der Waals surface area contributed by atoms with Crippen molar-refractivity contribution in [1.29, 1.82) is 0 Å². The molecule has 9 nitrogen and oxygen atoms in total. The van der Waals surface area contributed by atoms with Crippen molar-refractivity contribution >= 4 is 17.6 Å². The van der Waals surface area contributed by atoms with Gasteiger partial charge in [0.05, 0.1) is 11.7 Å². The number of piperidine rings is 1. The highest BCUT2D eigenvalue weighted by Crippen LogP contribution is 2.22. The fraction of sp³-hybridized carbons (Fsp3) is 0.548. The zero-order valence-corrected chi connectivity index (χ0v) is 23.8. The number of aromatic hydroxyl groups is 1. The lowest BCUT2D eigenvalue weighted by molar-refractivity contribution is 0.0997. The van der Waals surface area contributed by atoms with E-state index in [9.17, 15) is 19.8 Å². The number of rotatable bonds is 16. The second-order valence-corrected chi connectivity index (χ2v) is 10.7. The van der Waals surface area contributed by atoms with Crippen LogP contribution in [0.25, 0.3) is 0 Å². The molecule has 40 heavy (non-hydrogen) atoms. The van der Waals surface area contributed by atoms with Gasteiger partial charge in [-0.1, -0.05) is 57.2 Å². The number of urea groups is 1. The Morgan fingerprint density at radius 2 is 1.70 bits per heavy atom. The van der Waals surface area contributed by atoms with E-state index in [0.717, 1.165) is 51.0 Å². The molecular weight excluding hydrogens is 506 g/mol. The number of likely N-dealkylation sites (tertiary alicyclic amines) is 1. The van der Waals surface area contributed by atoms with E-state index in [4.69, 9.17) is 5.73 Å². The maximum atomic E-state index is 12.5. The van der Waals surface area contributed by atoms with Crippen LogP contribution in [0, 0.1) is 0 Å². The summed E-state index contributed by atoms with van der Waals surface area (Å²) in [4.78, 5) is 25.8. The molecule has 220 valence electrons. The van der Waals surface area contributed by atoms with Gasteiger partial charge in [-0.05, 0) is 67.6 Å². The van der Waals surface area contributed by atoms with Gasteiger partial charge in [-0.3, -0.25) is 4.79 Å². The third kappa shape index (κ3) is 10.4. The minimum Gasteiger partial charge on any atom is -0.507 e. The average Bonchev–Trinajstić information content (AvgIpc) is 2.96. The second kappa shape index (κ2) is 16.7. The van der Waals surface area contributed by atoms with E-state index >= 15 is 0 Å². The van der Waals surface area contributed by atoms with Crippen LogP contribution in [0.1, 0.15) is 85.9 Å². The lowest BCUT2D eigenvalue weighted by Gasteiger charge is -2.33. The zero-order valence-electron chi connectivity index (χ0n) is 23.8. The van der Waals surface area contributed by atoms with Crippen LogP contribution in [-0.4, -0.2) is 65.8 Å². The summed E-state index contributed by atoms with van der Waals surface area (Å²) in [5.74, 6) is -0.925. The molecule has 1 aliphatic rings. The molecule has 0 bridgehead atoms. The van der Waals surface area contributed by atoms with Gasteiger partial charge in [0, 0.05) is 37.9 Å². The number of carbonyl (C=O) groups is 2. The van der Waals surface area contributed by atoms with Gasteiger partial charge < -0.3 is 36.8 Å². The molecule has 0 aliphatic carbocycles. The summed E-state index contributed by atoms with van der Waals surface area (Å²) in [7, 11) is 0. The number of nitrogens with zero attached hydrogens (tertiary/aromatic N) is 1. The first kappa shape index (κ1) is 31.2. The minimum absolute atomic E-state index is 0.0000944. The van der Waals surface area contributed by atoms with E-state index < -0.39 is 12.0 Å². The normalized spacial score (nSPS) is 14.6. The standard InChI is InChI=1S/C31H47N5O4/c1-2-3-4-5-6-7-17-34-31(40)36-19-15-26(16-20-36)35-25-11-8-23(9-12-25)14-18-33-22-29(38)24-10-13-28(37)27(21-24)30(32)39/h8-13,21,26,29,33,35,37-38H,2-7,14-20,22H2,1H3,(H2,32,39)(H,34,40). The van der Waals surface area contributed by atoms with Crippen molar-refractivity contribution in [1.82, 2.24) is 15.5 Å². The van der Waals surface area contributed by atoms with Crippen LogP contribution in [0.15, 0.2) is 42.5 Å². The molecule has 0 aromatic heterocycles. The number of aliphatic hydroxyl groups excluding tert-OH is 1. The molecule has 0 saturated carbocycles. The molecule has 3 amide bonds. The number of amides is 3. The topological polar surface area (TPSA) is 140 Å². The molecule has 0 radical (unpaired) electrons. The molecule has 3 rings (SSSR count). The quantitative estimate of drug-likeness (QED) is 0.171. The molecule has 1 saturated heterocycles. The molecule has 9 heteroatoms. The molecule has 1 aliphatic heterocycles. The van der Waals surface area contributed by atoms with Crippen LogP contribution in [0.4, 0.5) is 10.5 Å². The van der Waals surface area contributed by atoms with E-state index in [-0.39, 0.29) is 17.3 Å². The maximum Gasteiger partial charge on any atom is 0.317 e. The highest BCUT2D eigenvalue weighted by Gasteiger charge is 2.22. The molecule has 0 spiro atoms. The summed E-state index contributed by atoms with van der Waals surface area (Å²) in [6, 6.07) is 13.2. The summed E-state index contributed by atoms with van der Waals surface area (Å²) in [6.07, 6.45) is 9.20. The molecule has 1 fully saturated rings. The average molecular weight is 554 g/mol. The van der Waals surface area contributed by atoms with Gasteiger partial charge in [0.1, 0.15) is 5.75 Å². The van der Waals surface area contributed by atoms with Crippen LogP contribution >= 0.6 is 0 Å². The van der Waals surface area contributed by atoms with E-state index in [1.165, 1.54) is 49.8 Å². The van der Waals surface area contributed by atoms with Crippen LogP contribution < -0.4 is 21.7 Å². The third-order valence-electron chi connectivity index (χ3n) is 7.51. The van der Waals surface area contributed by atoms with Gasteiger partial charge in [-0.2, -0.15) is 0 Å². The maximum absolute atomic E-state index is 12.5. The largest absolute Gasteiger partial charge is 0.507 e. The fourth-order valence-electron chi connectivity index (χ4n) is 4.99. The van der Waals surface area contributed by atoms with Crippen molar-refractivity contribution in [2.24, 2.45) is 5.73 Å². The number of benzene rings is 2. The number of primary amides is 1. The highest BCUT2D eigenvalue weighted by atomic mass is 16.3. The number of unbranched alkanes of at least 4 members (excludes halogenated alkanes) is 5. The number of anilines is 1. The van der Waals surface area contributed by atoms with Crippen LogP contribution in [-0.2, 0) is 6.42 Å². The molecule has 2 aromatic carbocycles. The Kier molecular flexibility index (Phi) is 13.1. The van der Waals surface area contributed by atoms with Gasteiger partial charge in [0.2, 0.25) is 0 Å². The Balaban J connectivity index is 1.30. The van der Waals surface area contributed by atoms with Gasteiger partial charge in [-0.15, -0.1) is 0 Å². The van der Waals surface area contributed by atoms with E-state index in [2.05, 4.69) is 47.1 Å². The lowest BCUT2D eigenvalue weighted by atomic mass is 10.0. The predicted molar refractivity (Wildman–Crippen MR) is 160 cm³/mol. The number of aliphatic hydroxyl groups is 1. The zero-order chi connectivity index (χ0) is 28.7. The van der Waals surface area contributed by atoms with Crippen LogP contribution in [0.5, 0.6) is 5.75 Å². The number of hydrogen-bond acceptors (Lipinski definition) is 6. The van der Waals surface area contributed by atoms with Gasteiger partial charge >= 0.3 is 6.03 Å². The highest BCUT2D eigenvalue weighted by molar-refractivity contribution is 5.95. The van der Waals surface area contributed by atoms with E-state index in [1.54, 1.807) is 6.07 Å². The number of phenols is 1. The number of carbonyl (C=O) groups excluding carboxylic acids is 2. The Morgan fingerprint density at radius 1 is 1.00 bits per heavy atom. The molecule has 7 N–H and O–H groups in total. The number of nitrogens with one attached hydrogen (secondary N) is 3. The molecule has 2 aromatic rings. The van der Waals surface area contributed by atoms with E-state index in [1.807, 2.05) is 4.90 Å². The molecule has 1 atom stereocenters. The van der Waals surface area contributed by atoms with Crippen molar-refractivity contribution < 1.29 is 19.8 Å². The summed E-state index contributed by atoms with van der Waals surface area (Å²) in [5, 5.41) is 30.0. The molecule has 1 heterocycles. The second-order valence-electron chi connectivity index (χ2n) is 10.7. The van der Waals surface area contributed by atoms with Crippen LogP contribution in [0.3, 0.4) is 0 Å². The van der Waals surface area contributed by atoms with Crippen molar-refractivity contribution in [2.45, 2.75) is 76.9 Å². The lowest BCUT2D eigenvalue weighted by Crippen LogP contribution is -2.47. The van der Waals surface area contributed by atoms with Gasteiger partial charge in [0.15, 0.2) is 0 Å². The van der Waals surface area contributed by atoms with Gasteiger partial charge in [0.25, 0.3) is 5.91 Å². The Labute approximate surface area is 238 Å². The molecular formula is C31H47N5O4. The number of hydrogen-bond donors (Lipinski definition) is 6. The van der Waals surface area contributed by atoms with Crippen molar-refractivity contribution in [2.75, 3.05) is 38.0 Å². The fourth-order valence-corrected chi connectivity index (χ4v) is 4.99. The molecule has 1 unspecified atom stereocenters. The first-order valence-corrected chi connectivity index (χ1v) is 14.8. The third-order valence-corrected chi connectivity index (χ3v) is 7.51. The number of nitrogens with two attached hydrogens (primary N) is 1. The smallest absolute Gasteiger partial charge is 0.317 e. The summed E-state index contributed by atoms with van der Waals surface area (Å²) >= 11 is 0. The first-order valence-electron chi connectivity index (χ1n) is 14.8. The summed E-state index contributed by atoms with van der Waals surface area (Å²) in [5.41, 5.74) is 8.05. The Hall–Kier alpha value is -3.30. The van der Waals surface area contributed by atoms with Crippen LogP contribution in [0.2, 0.25) is 0 Å². The van der Waals surface area contributed by atoms with Crippen molar-refractivity contribution in [3.63, 3.8) is 0 Å². The minimum atomic E-state index is -0.817. The summed E-state index contributed by atoms with van der Waals surface area (Å²) < 4.78 is 0. The van der Waals surface area contributed by atoms with Crippen molar-refractivity contribution in [3.8, 4) is 5.75 Å². The van der Waals surface area contributed by atoms with Crippen molar-refractivity contribution in [3.05, 3.63) is 59.2 Å². The monoisotopic (exact) mass is 553 g/mol. The SMILES string of the molecule is CCCCCCCCNC(=O)N1CCC(Nc2ccc(CCNCC(O)c3ccc(O)c(C(N)=O)c3)cc2)CC1. The Bertz CT molecular complexity index is 1050. The first-order chi connectivity index (χ1) is 19.4. The summed E-state index contributed by atoms with van der Waals surface area (Å²) in [6.45, 7) is 5.52.